The molecule has 208 valence electrons. The molecule has 8 nitrogen and oxygen atoms in total. The van der Waals surface area contributed by atoms with Crippen molar-refractivity contribution in [2.24, 2.45) is 0 Å². The van der Waals surface area contributed by atoms with Gasteiger partial charge < -0.3 is 21.1 Å². The Labute approximate surface area is 228 Å². The molecule has 0 aliphatic heterocycles. The van der Waals surface area contributed by atoms with Gasteiger partial charge in [0, 0.05) is 24.3 Å². The van der Waals surface area contributed by atoms with Gasteiger partial charge in [0.15, 0.2) is 5.69 Å². The number of benzene rings is 3. The first-order chi connectivity index (χ1) is 19.0. The van der Waals surface area contributed by atoms with E-state index in [1.807, 2.05) is 50.2 Å². The molecule has 4 N–H and O–H groups in total. The van der Waals surface area contributed by atoms with E-state index in [2.05, 4.69) is 21.0 Å². The first kappa shape index (κ1) is 28.4. The lowest BCUT2D eigenvalue weighted by atomic mass is 9.97. The number of nitrogens with one attached hydrogen (secondary N) is 3. The van der Waals surface area contributed by atoms with Crippen LogP contribution in [0.5, 0.6) is 0 Å². The largest absolute Gasteiger partial charge is 0.465 e. The second-order valence-corrected chi connectivity index (χ2v) is 9.40. The van der Waals surface area contributed by atoms with Crippen LogP contribution in [0.25, 0.3) is 5.69 Å². The summed E-state index contributed by atoms with van der Waals surface area (Å²) >= 11 is 0. The molecule has 4 aromatic rings. The highest BCUT2D eigenvalue weighted by Crippen LogP contribution is 2.30. The van der Waals surface area contributed by atoms with E-state index in [0.29, 0.717) is 17.3 Å². The van der Waals surface area contributed by atoms with Crippen LogP contribution in [0.1, 0.15) is 52.8 Å². The molecule has 0 saturated heterocycles. The Balaban J connectivity index is 1.66. The fraction of sp³-hybridized carbons (Fsp3) is 0.207. The summed E-state index contributed by atoms with van der Waals surface area (Å²) in [7, 11) is 0. The van der Waals surface area contributed by atoms with Gasteiger partial charge in [0.1, 0.15) is 5.69 Å². The normalized spacial score (nSPS) is 12.2. The maximum atomic E-state index is 13.6. The molecular weight excluding hydrogens is 523 g/mol. The molecule has 0 bridgehead atoms. The fourth-order valence-corrected chi connectivity index (χ4v) is 4.21. The maximum Gasteiger partial charge on any atom is 0.435 e. The van der Waals surface area contributed by atoms with E-state index >= 15 is 0 Å². The molecule has 40 heavy (non-hydrogen) atoms. The van der Waals surface area contributed by atoms with Crippen molar-refractivity contribution in [3.8, 4) is 5.69 Å². The smallest absolute Gasteiger partial charge is 0.435 e. The van der Waals surface area contributed by atoms with Gasteiger partial charge in [-0.1, -0.05) is 54.6 Å². The highest BCUT2D eigenvalue weighted by Gasteiger charge is 2.36. The minimum absolute atomic E-state index is 0.0715. The summed E-state index contributed by atoms with van der Waals surface area (Å²) in [6, 6.07) is 23.6. The van der Waals surface area contributed by atoms with Gasteiger partial charge in [-0.05, 0) is 54.8 Å². The van der Waals surface area contributed by atoms with Crippen molar-refractivity contribution in [3.05, 3.63) is 113 Å². The molecule has 1 atom stereocenters. The number of amides is 2. The van der Waals surface area contributed by atoms with E-state index in [1.165, 1.54) is 12.1 Å². The standard InChI is InChI=1S/C29H28F3N5O3/c1-18(2)34-26(20-9-4-3-5-10-20)21-11-7-12-22(15-21)35-27(38)24-16-25(29(30,31)32)36-37(24)23-13-6-8-19(14-23)17-33-28(39)40/h3-16,18,26,33-34H,17H2,1-2H3,(H,35,38)(H,39,40). The maximum absolute atomic E-state index is 13.6. The summed E-state index contributed by atoms with van der Waals surface area (Å²) in [6.45, 7) is 3.97. The Morgan fingerprint density at radius 2 is 1.62 bits per heavy atom. The second kappa shape index (κ2) is 12.0. The molecule has 0 aliphatic rings. The SMILES string of the molecule is CC(C)NC(c1ccccc1)c1cccc(NC(=O)c2cc(C(F)(F)F)nn2-c2cccc(CNC(=O)O)c2)c1. The number of rotatable bonds is 9. The van der Waals surface area contributed by atoms with Gasteiger partial charge in [0.2, 0.25) is 0 Å². The van der Waals surface area contributed by atoms with Gasteiger partial charge in [-0.2, -0.15) is 18.3 Å². The predicted molar refractivity (Wildman–Crippen MR) is 144 cm³/mol. The minimum atomic E-state index is -4.78. The molecule has 3 aromatic carbocycles. The number of nitrogens with zero attached hydrogens (tertiary/aromatic N) is 2. The Bertz CT molecular complexity index is 1490. The van der Waals surface area contributed by atoms with E-state index in [0.717, 1.165) is 15.8 Å². The zero-order valence-electron chi connectivity index (χ0n) is 21.7. The van der Waals surface area contributed by atoms with Gasteiger partial charge in [-0.25, -0.2) is 9.48 Å². The summed E-state index contributed by atoms with van der Waals surface area (Å²) in [6.07, 6.45) is -6.03. The number of aromatic nitrogens is 2. The van der Waals surface area contributed by atoms with Gasteiger partial charge in [0.25, 0.3) is 5.91 Å². The lowest BCUT2D eigenvalue weighted by Crippen LogP contribution is -2.29. The van der Waals surface area contributed by atoms with Crippen molar-refractivity contribution in [2.45, 2.75) is 38.7 Å². The van der Waals surface area contributed by atoms with Gasteiger partial charge in [-0.15, -0.1) is 0 Å². The van der Waals surface area contributed by atoms with Crippen molar-refractivity contribution in [3.63, 3.8) is 0 Å². The van der Waals surface area contributed by atoms with Crippen molar-refractivity contribution in [1.82, 2.24) is 20.4 Å². The van der Waals surface area contributed by atoms with Crippen LogP contribution in [0.4, 0.5) is 23.7 Å². The summed E-state index contributed by atoms with van der Waals surface area (Å²) < 4.78 is 41.7. The highest BCUT2D eigenvalue weighted by molar-refractivity contribution is 6.03. The summed E-state index contributed by atoms with van der Waals surface area (Å²) in [4.78, 5) is 24.2. The lowest BCUT2D eigenvalue weighted by molar-refractivity contribution is -0.141. The fourth-order valence-electron chi connectivity index (χ4n) is 4.21. The molecule has 2 amide bonds. The van der Waals surface area contributed by atoms with Crippen LogP contribution in [-0.2, 0) is 12.7 Å². The van der Waals surface area contributed by atoms with Crippen molar-refractivity contribution in [1.29, 1.82) is 0 Å². The third-order valence-electron chi connectivity index (χ3n) is 5.94. The number of carbonyl (C=O) groups is 2. The van der Waals surface area contributed by atoms with Crippen LogP contribution < -0.4 is 16.0 Å². The monoisotopic (exact) mass is 551 g/mol. The van der Waals surface area contributed by atoms with Crippen LogP contribution in [0, 0.1) is 0 Å². The van der Waals surface area contributed by atoms with E-state index < -0.39 is 23.9 Å². The second-order valence-electron chi connectivity index (χ2n) is 9.40. The Morgan fingerprint density at radius 1 is 0.925 bits per heavy atom. The molecule has 1 heterocycles. The molecule has 1 aromatic heterocycles. The van der Waals surface area contributed by atoms with Crippen molar-refractivity contribution in [2.75, 3.05) is 5.32 Å². The van der Waals surface area contributed by atoms with E-state index in [9.17, 15) is 22.8 Å². The van der Waals surface area contributed by atoms with Crippen molar-refractivity contribution >= 4 is 17.7 Å². The number of carbonyl (C=O) groups excluding carboxylic acids is 1. The summed E-state index contributed by atoms with van der Waals surface area (Å²) in [5.41, 5.74) is 1.36. The summed E-state index contributed by atoms with van der Waals surface area (Å²) in [5.74, 6) is -0.790. The number of halogens is 3. The molecule has 0 fully saturated rings. The first-order valence-electron chi connectivity index (χ1n) is 12.5. The van der Waals surface area contributed by atoms with Gasteiger partial charge in [0.05, 0.1) is 11.7 Å². The Hall–Kier alpha value is -4.64. The Kier molecular flexibility index (Phi) is 8.54. The average Bonchev–Trinajstić information content (AvgIpc) is 3.38. The number of anilines is 1. The van der Waals surface area contributed by atoms with E-state index in [1.54, 1.807) is 30.3 Å². The Morgan fingerprint density at radius 3 is 2.30 bits per heavy atom. The van der Waals surface area contributed by atoms with E-state index in [4.69, 9.17) is 5.11 Å². The van der Waals surface area contributed by atoms with Crippen LogP contribution in [0.3, 0.4) is 0 Å². The molecular formula is C29H28F3N5O3. The van der Waals surface area contributed by atoms with Crippen molar-refractivity contribution < 1.29 is 27.9 Å². The van der Waals surface area contributed by atoms with Crippen LogP contribution in [0.2, 0.25) is 0 Å². The van der Waals surface area contributed by atoms with Gasteiger partial charge in [-0.3, -0.25) is 4.79 Å². The average molecular weight is 552 g/mol. The predicted octanol–water partition coefficient (Wildman–Crippen LogP) is 6.00. The topological polar surface area (TPSA) is 108 Å². The summed E-state index contributed by atoms with van der Waals surface area (Å²) in [5, 5.41) is 20.9. The third-order valence-corrected chi connectivity index (χ3v) is 5.94. The zero-order chi connectivity index (χ0) is 28.9. The zero-order valence-corrected chi connectivity index (χ0v) is 21.7. The third kappa shape index (κ3) is 7.06. The molecule has 0 spiro atoms. The quantitative estimate of drug-likeness (QED) is 0.204. The molecule has 1 unspecified atom stereocenters. The number of carboxylic acid groups (broad SMARTS) is 1. The number of hydrogen-bond acceptors (Lipinski definition) is 4. The highest BCUT2D eigenvalue weighted by atomic mass is 19.4. The number of alkyl halides is 3. The van der Waals surface area contributed by atoms with Crippen LogP contribution in [0.15, 0.2) is 84.9 Å². The molecule has 0 aliphatic carbocycles. The molecule has 11 heteroatoms. The van der Waals surface area contributed by atoms with Gasteiger partial charge >= 0.3 is 12.3 Å². The molecule has 0 saturated carbocycles. The lowest BCUT2D eigenvalue weighted by Gasteiger charge is -2.23. The van der Waals surface area contributed by atoms with E-state index in [-0.39, 0.29) is 30.0 Å². The first-order valence-corrected chi connectivity index (χ1v) is 12.5. The van der Waals surface area contributed by atoms with Crippen LogP contribution >= 0.6 is 0 Å². The number of hydrogen-bond donors (Lipinski definition) is 4. The minimum Gasteiger partial charge on any atom is -0.465 e. The van der Waals surface area contributed by atoms with Crippen LogP contribution in [-0.4, -0.2) is 32.9 Å². The molecule has 4 rings (SSSR count). The molecule has 0 radical (unpaired) electrons.